The lowest BCUT2D eigenvalue weighted by molar-refractivity contribution is 0.911. The molecule has 0 amide bonds. The van der Waals surface area contributed by atoms with Crippen LogP contribution in [0.4, 0.5) is 17.6 Å². The zero-order valence-corrected chi connectivity index (χ0v) is 15.5. The van der Waals surface area contributed by atoms with Crippen molar-refractivity contribution in [1.82, 2.24) is 15.0 Å². The van der Waals surface area contributed by atoms with Crippen molar-refractivity contribution in [2.24, 2.45) is 0 Å². The third kappa shape index (κ3) is 3.96. The van der Waals surface area contributed by atoms with Gasteiger partial charge in [0.05, 0.1) is 5.75 Å². The molecule has 0 saturated heterocycles. The summed E-state index contributed by atoms with van der Waals surface area (Å²) in [6.07, 6.45) is 3.66. The number of nitrogen functional groups attached to an aromatic ring is 1. The lowest BCUT2D eigenvalue weighted by Gasteiger charge is -2.08. The molecule has 0 unspecified atom stereocenters. The molecule has 26 heavy (non-hydrogen) atoms. The third-order valence-corrected chi connectivity index (χ3v) is 5.43. The molecular formula is C20H21N5S. The van der Waals surface area contributed by atoms with Crippen LogP contribution in [-0.4, -0.2) is 15.0 Å². The molecule has 2 aromatic carbocycles. The summed E-state index contributed by atoms with van der Waals surface area (Å²) in [7, 11) is 0. The van der Waals surface area contributed by atoms with Gasteiger partial charge in [0, 0.05) is 10.6 Å². The van der Waals surface area contributed by atoms with E-state index in [0.717, 1.165) is 5.69 Å². The second kappa shape index (κ2) is 7.33. The van der Waals surface area contributed by atoms with Crippen molar-refractivity contribution in [1.29, 1.82) is 0 Å². The van der Waals surface area contributed by atoms with Gasteiger partial charge < -0.3 is 11.1 Å². The normalized spacial score (nSPS) is 12.8. The largest absolute Gasteiger partial charge is 0.368 e. The summed E-state index contributed by atoms with van der Waals surface area (Å²) in [5, 5.41) is 3.19. The fourth-order valence-electron chi connectivity index (χ4n) is 3.11. The number of nitrogens with zero attached hydrogens (tertiary/aromatic N) is 3. The van der Waals surface area contributed by atoms with Crippen LogP contribution < -0.4 is 11.1 Å². The summed E-state index contributed by atoms with van der Waals surface area (Å²) in [5.74, 6) is 2.05. The number of anilines is 3. The molecule has 4 rings (SSSR count). The molecule has 1 aliphatic carbocycles. The maximum atomic E-state index is 5.87. The number of benzene rings is 2. The molecule has 0 fully saturated rings. The van der Waals surface area contributed by atoms with Crippen LogP contribution in [0.2, 0.25) is 0 Å². The first-order chi connectivity index (χ1) is 12.7. The highest BCUT2D eigenvalue weighted by Crippen LogP contribution is 2.29. The molecule has 1 aliphatic rings. The van der Waals surface area contributed by atoms with Gasteiger partial charge in [0.25, 0.3) is 0 Å². The molecule has 0 atom stereocenters. The van der Waals surface area contributed by atoms with E-state index in [9.17, 15) is 0 Å². The first kappa shape index (κ1) is 16.8. The monoisotopic (exact) mass is 363 g/mol. The Morgan fingerprint density at radius 2 is 1.81 bits per heavy atom. The maximum Gasteiger partial charge on any atom is 0.232 e. The Morgan fingerprint density at radius 3 is 2.65 bits per heavy atom. The summed E-state index contributed by atoms with van der Waals surface area (Å²) in [4.78, 5) is 14.2. The van der Waals surface area contributed by atoms with E-state index in [1.165, 1.54) is 40.8 Å². The van der Waals surface area contributed by atoms with Gasteiger partial charge in [0.15, 0.2) is 0 Å². The molecule has 5 nitrogen and oxygen atoms in total. The number of hydrogen-bond donors (Lipinski definition) is 2. The van der Waals surface area contributed by atoms with Crippen LogP contribution in [-0.2, 0) is 18.6 Å². The first-order valence-corrected chi connectivity index (χ1v) is 9.73. The van der Waals surface area contributed by atoms with Crippen molar-refractivity contribution in [2.75, 3.05) is 11.1 Å². The first-order valence-electron chi connectivity index (χ1n) is 8.74. The molecule has 3 aromatic rings. The quantitative estimate of drug-likeness (QED) is 0.659. The molecule has 3 N–H and O–H groups in total. The number of rotatable bonds is 5. The predicted molar refractivity (Wildman–Crippen MR) is 107 cm³/mol. The average Bonchev–Trinajstić information content (AvgIpc) is 3.09. The van der Waals surface area contributed by atoms with Crippen LogP contribution in [0.15, 0.2) is 47.4 Å². The highest BCUT2D eigenvalue weighted by Gasteiger charge is 2.12. The van der Waals surface area contributed by atoms with E-state index < -0.39 is 0 Å². The Bertz CT molecular complexity index is 924. The number of aromatic nitrogens is 3. The van der Waals surface area contributed by atoms with Crippen LogP contribution >= 0.6 is 11.8 Å². The molecular weight excluding hydrogens is 342 g/mol. The Balaban J connectivity index is 1.46. The zero-order valence-electron chi connectivity index (χ0n) is 14.7. The lowest BCUT2D eigenvalue weighted by Crippen LogP contribution is -2.06. The predicted octanol–water partition coefficient (Wildman–Crippen LogP) is 4.29. The van der Waals surface area contributed by atoms with Gasteiger partial charge in [-0.1, -0.05) is 23.8 Å². The number of hydrogen-bond acceptors (Lipinski definition) is 6. The van der Waals surface area contributed by atoms with Crippen molar-refractivity contribution in [2.45, 2.75) is 36.8 Å². The summed E-state index contributed by atoms with van der Waals surface area (Å²) in [6, 6.07) is 14.8. The Hall–Kier alpha value is -2.60. The number of aryl methyl sites for hydroxylation is 3. The van der Waals surface area contributed by atoms with Crippen molar-refractivity contribution in [3.05, 3.63) is 65.0 Å². The molecule has 0 radical (unpaired) electrons. The van der Waals surface area contributed by atoms with E-state index in [4.69, 9.17) is 5.73 Å². The van der Waals surface area contributed by atoms with E-state index in [-0.39, 0.29) is 5.95 Å². The summed E-state index contributed by atoms with van der Waals surface area (Å²) >= 11 is 1.73. The molecule has 0 aliphatic heterocycles. The minimum absolute atomic E-state index is 0.235. The number of nitrogens with two attached hydrogens (primary N) is 1. The van der Waals surface area contributed by atoms with Gasteiger partial charge in [-0.15, -0.1) is 11.8 Å². The molecule has 0 spiro atoms. The van der Waals surface area contributed by atoms with Gasteiger partial charge in [0.2, 0.25) is 11.9 Å². The van der Waals surface area contributed by atoms with Crippen LogP contribution in [0.1, 0.15) is 28.9 Å². The molecule has 1 aromatic heterocycles. The van der Waals surface area contributed by atoms with Gasteiger partial charge in [-0.25, -0.2) is 0 Å². The zero-order chi connectivity index (χ0) is 17.9. The molecule has 0 bridgehead atoms. The fraction of sp³-hybridized carbons (Fsp3) is 0.250. The van der Waals surface area contributed by atoms with Crippen molar-refractivity contribution in [3.63, 3.8) is 0 Å². The lowest BCUT2D eigenvalue weighted by atomic mass is 10.1. The van der Waals surface area contributed by atoms with Crippen LogP contribution in [0.25, 0.3) is 0 Å². The topological polar surface area (TPSA) is 76.7 Å². The second-order valence-electron chi connectivity index (χ2n) is 6.50. The Kier molecular flexibility index (Phi) is 4.75. The van der Waals surface area contributed by atoms with E-state index in [1.54, 1.807) is 11.8 Å². The standard InChI is InChI=1S/C20H21N5S/c1-13-5-8-16(9-6-13)22-20-24-18(23-19(21)25-20)12-26-17-10-7-14-3-2-4-15(14)11-17/h5-11H,2-4,12H2,1H3,(H3,21,22,23,24,25). The van der Waals surface area contributed by atoms with Crippen molar-refractivity contribution >= 4 is 29.3 Å². The highest BCUT2D eigenvalue weighted by atomic mass is 32.2. The fourth-order valence-corrected chi connectivity index (χ4v) is 3.93. The van der Waals surface area contributed by atoms with Crippen LogP contribution in [0.3, 0.4) is 0 Å². The van der Waals surface area contributed by atoms with E-state index >= 15 is 0 Å². The third-order valence-electron chi connectivity index (χ3n) is 4.44. The summed E-state index contributed by atoms with van der Waals surface area (Å²) in [6.45, 7) is 2.05. The molecule has 132 valence electrons. The van der Waals surface area contributed by atoms with Gasteiger partial charge in [0.1, 0.15) is 5.82 Å². The van der Waals surface area contributed by atoms with Crippen LogP contribution in [0, 0.1) is 6.92 Å². The highest BCUT2D eigenvalue weighted by molar-refractivity contribution is 7.98. The van der Waals surface area contributed by atoms with Crippen molar-refractivity contribution < 1.29 is 0 Å². The molecule has 0 saturated carbocycles. The minimum Gasteiger partial charge on any atom is -0.368 e. The van der Waals surface area contributed by atoms with Gasteiger partial charge in [-0.05, 0) is 61.6 Å². The van der Waals surface area contributed by atoms with E-state index in [2.05, 4.69) is 45.4 Å². The van der Waals surface area contributed by atoms with Gasteiger partial charge in [-0.3, -0.25) is 0 Å². The Labute approximate surface area is 157 Å². The molecule has 6 heteroatoms. The number of fused-ring (bicyclic) bond motifs is 1. The molecule has 1 heterocycles. The van der Waals surface area contributed by atoms with Gasteiger partial charge in [-0.2, -0.15) is 15.0 Å². The average molecular weight is 363 g/mol. The number of nitrogens with one attached hydrogen (secondary N) is 1. The van der Waals surface area contributed by atoms with Crippen LogP contribution in [0.5, 0.6) is 0 Å². The van der Waals surface area contributed by atoms with Gasteiger partial charge >= 0.3 is 0 Å². The smallest absolute Gasteiger partial charge is 0.232 e. The number of thioether (sulfide) groups is 1. The van der Waals surface area contributed by atoms with E-state index in [0.29, 0.717) is 17.5 Å². The SMILES string of the molecule is Cc1ccc(Nc2nc(N)nc(CSc3ccc4c(c3)CCC4)n2)cc1. The second-order valence-corrected chi connectivity index (χ2v) is 7.55. The maximum absolute atomic E-state index is 5.87. The summed E-state index contributed by atoms with van der Waals surface area (Å²) < 4.78 is 0. The Morgan fingerprint density at radius 1 is 1.00 bits per heavy atom. The van der Waals surface area contributed by atoms with E-state index in [1.807, 2.05) is 24.3 Å². The minimum atomic E-state index is 0.235. The summed E-state index contributed by atoms with van der Waals surface area (Å²) in [5.41, 5.74) is 11.0. The van der Waals surface area contributed by atoms with Crippen molar-refractivity contribution in [3.8, 4) is 0 Å².